The number of hydrogen-bond donors (Lipinski definition) is 2. The van der Waals surface area contributed by atoms with Crippen LogP contribution in [0.15, 0.2) is 42.5 Å². The number of rotatable bonds is 5. The van der Waals surface area contributed by atoms with E-state index in [0.29, 0.717) is 41.5 Å². The van der Waals surface area contributed by atoms with E-state index in [4.69, 9.17) is 14.2 Å². The molecule has 2 aromatic carbocycles. The van der Waals surface area contributed by atoms with Crippen LogP contribution in [0.3, 0.4) is 0 Å². The predicted molar refractivity (Wildman–Crippen MR) is 112 cm³/mol. The number of anilines is 2. The van der Waals surface area contributed by atoms with Gasteiger partial charge in [-0.25, -0.2) is 0 Å². The number of carbonyl (C=O) groups is 2. The van der Waals surface area contributed by atoms with Crippen LogP contribution in [0.4, 0.5) is 11.4 Å². The highest BCUT2D eigenvalue weighted by molar-refractivity contribution is 6.10. The van der Waals surface area contributed by atoms with Crippen molar-refractivity contribution in [3.8, 4) is 11.5 Å². The fourth-order valence-electron chi connectivity index (χ4n) is 3.77. The Morgan fingerprint density at radius 3 is 2.53 bits per heavy atom. The first-order chi connectivity index (χ1) is 14.5. The largest absolute Gasteiger partial charge is 0.454 e. The summed E-state index contributed by atoms with van der Waals surface area (Å²) in [6.45, 7) is 5.80. The standard InChI is InChI=1S/C22H25N3O5/c1-14-10-25(11-15(2)30-14)12-21(26)24-18-6-4-3-5-17(18)22(27)23-16-7-8-19-20(9-16)29-13-28-19/h3-9,14-15H,10-13H2,1-2H3,(H,23,27)(H,24,26)/t14-,15-/m1/s1. The molecule has 2 aliphatic heterocycles. The summed E-state index contributed by atoms with van der Waals surface area (Å²) in [6.07, 6.45) is 0.169. The lowest BCUT2D eigenvalue weighted by Crippen LogP contribution is -2.48. The second-order valence-corrected chi connectivity index (χ2v) is 7.57. The van der Waals surface area contributed by atoms with E-state index < -0.39 is 0 Å². The van der Waals surface area contributed by atoms with Crippen LogP contribution in [-0.2, 0) is 9.53 Å². The highest BCUT2D eigenvalue weighted by Gasteiger charge is 2.24. The second-order valence-electron chi connectivity index (χ2n) is 7.57. The molecule has 0 aliphatic carbocycles. The first-order valence-corrected chi connectivity index (χ1v) is 9.95. The minimum atomic E-state index is -0.321. The van der Waals surface area contributed by atoms with Gasteiger partial charge in [0.2, 0.25) is 12.7 Å². The van der Waals surface area contributed by atoms with E-state index in [1.165, 1.54) is 0 Å². The Bertz CT molecular complexity index is 938. The number of nitrogens with one attached hydrogen (secondary N) is 2. The minimum Gasteiger partial charge on any atom is -0.454 e. The van der Waals surface area contributed by atoms with Crippen LogP contribution in [0.1, 0.15) is 24.2 Å². The monoisotopic (exact) mass is 411 g/mol. The van der Waals surface area contributed by atoms with E-state index in [0.717, 1.165) is 0 Å². The third-order valence-corrected chi connectivity index (χ3v) is 4.94. The van der Waals surface area contributed by atoms with Gasteiger partial charge in [0, 0.05) is 24.8 Å². The highest BCUT2D eigenvalue weighted by Crippen LogP contribution is 2.34. The Balaban J connectivity index is 1.41. The van der Waals surface area contributed by atoms with Gasteiger partial charge in [-0.3, -0.25) is 14.5 Å². The van der Waals surface area contributed by atoms with Crippen molar-refractivity contribution >= 4 is 23.2 Å². The lowest BCUT2D eigenvalue weighted by atomic mass is 10.1. The number of morpholine rings is 1. The molecular formula is C22H25N3O5. The highest BCUT2D eigenvalue weighted by atomic mass is 16.7. The predicted octanol–water partition coefficient (Wildman–Crippen LogP) is 2.72. The number of carbonyl (C=O) groups excluding carboxylic acids is 2. The van der Waals surface area contributed by atoms with Crippen LogP contribution >= 0.6 is 0 Å². The van der Waals surface area contributed by atoms with E-state index >= 15 is 0 Å². The molecule has 2 heterocycles. The zero-order valence-electron chi connectivity index (χ0n) is 17.0. The Morgan fingerprint density at radius 2 is 1.73 bits per heavy atom. The number of hydrogen-bond acceptors (Lipinski definition) is 6. The minimum absolute atomic E-state index is 0.0846. The molecule has 0 spiro atoms. The Hall–Kier alpha value is -3.10. The van der Waals surface area contributed by atoms with Gasteiger partial charge in [0.05, 0.1) is 30.0 Å². The Morgan fingerprint density at radius 1 is 1.00 bits per heavy atom. The van der Waals surface area contributed by atoms with Crippen molar-refractivity contribution in [2.75, 3.05) is 37.1 Å². The third kappa shape index (κ3) is 4.72. The molecule has 2 atom stereocenters. The molecule has 0 radical (unpaired) electrons. The number of nitrogens with zero attached hydrogens (tertiary/aromatic N) is 1. The van der Waals surface area contributed by atoms with Crippen molar-refractivity contribution in [3.05, 3.63) is 48.0 Å². The van der Waals surface area contributed by atoms with Gasteiger partial charge in [-0.2, -0.15) is 0 Å². The molecule has 0 unspecified atom stereocenters. The van der Waals surface area contributed by atoms with Crippen LogP contribution in [0, 0.1) is 0 Å². The van der Waals surface area contributed by atoms with E-state index in [2.05, 4.69) is 15.5 Å². The number of ether oxygens (including phenoxy) is 3. The Kier molecular flexibility index (Phi) is 5.87. The Labute approximate surface area is 175 Å². The summed E-state index contributed by atoms with van der Waals surface area (Å²) >= 11 is 0. The molecule has 4 rings (SSSR count). The molecule has 2 aromatic rings. The van der Waals surface area contributed by atoms with Gasteiger partial charge in [-0.1, -0.05) is 12.1 Å². The van der Waals surface area contributed by atoms with Crippen molar-refractivity contribution in [1.82, 2.24) is 4.90 Å². The van der Waals surface area contributed by atoms with Gasteiger partial charge in [0.1, 0.15) is 0 Å². The van der Waals surface area contributed by atoms with Crippen molar-refractivity contribution in [1.29, 1.82) is 0 Å². The summed E-state index contributed by atoms with van der Waals surface area (Å²) in [5.74, 6) is 0.744. The maximum atomic E-state index is 12.8. The molecule has 8 heteroatoms. The maximum absolute atomic E-state index is 12.8. The maximum Gasteiger partial charge on any atom is 0.257 e. The fraction of sp³-hybridized carbons (Fsp3) is 0.364. The average Bonchev–Trinajstić information content (AvgIpc) is 3.15. The lowest BCUT2D eigenvalue weighted by molar-refractivity contribution is -0.121. The zero-order chi connectivity index (χ0) is 21.1. The quantitative estimate of drug-likeness (QED) is 0.787. The van der Waals surface area contributed by atoms with Gasteiger partial charge in [0.15, 0.2) is 11.5 Å². The smallest absolute Gasteiger partial charge is 0.257 e. The molecule has 0 bridgehead atoms. The van der Waals surface area contributed by atoms with Crippen molar-refractivity contribution in [2.24, 2.45) is 0 Å². The summed E-state index contributed by atoms with van der Waals surface area (Å²) in [7, 11) is 0. The van der Waals surface area contributed by atoms with Crippen LogP contribution in [0.5, 0.6) is 11.5 Å². The summed E-state index contributed by atoms with van der Waals surface area (Å²) in [5.41, 5.74) is 1.43. The van der Waals surface area contributed by atoms with Gasteiger partial charge >= 0.3 is 0 Å². The van der Waals surface area contributed by atoms with Gasteiger partial charge in [-0.15, -0.1) is 0 Å². The van der Waals surface area contributed by atoms with Crippen LogP contribution in [0.2, 0.25) is 0 Å². The molecule has 1 saturated heterocycles. The molecule has 0 saturated carbocycles. The van der Waals surface area contributed by atoms with Gasteiger partial charge < -0.3 is 24.8 Å². The van der Waals surface area contributed by atoms with Gasteiger partial charge in [-0.05, 0) is 38.1 Å². The van der Waals surface area contributed by atoms with E-state index in [1.807, 2.05) is 13.8 Å². The molecule has 2 amide bonds. The fourth-order valence-corrected chi connectivity index (χ4v) is 3.77. The summed E-state index contributed by atoms with van der Waals surface area (Å²) in [5, 5.41) is 5.71. The van der Waals surface area contributed by atoms with E-state index in [1.54, 1.807) is 42.5 Å². The van der Waals surface area contributed by atoms with Crippen LogP contribution < -0.4 is 20.1 Å². The molecule has 2 aliphatic rings. The average molecular weight is 411 g/mol. The summed E-state index contributed by atoms with van der Waals surface area (Å²) < 4.78 is 16.3. The molecule has 1 fully saturated rings. The van der Waals surface area contributed by atoms with Crippen LogP contribution in [-0.4, -0.2) is 55.3 Å². The molecule has 30 heavy (non-hydrogen) atoms. The third-order valence-electron chi connectivity index (χ3n) is 4.94. The number of para-hydroxylation sites is 1. The van der Waals surface area contributed by atoms with Crippen molar-refractivity contribution < 1.29 is 23.8 Å². The SMILES string of the molecule is C[C@@H]1CN(CC(=O)Nc2ccccc2C(=O)Nc2ccc3c(c2)OCO3)C[C@@H](C)O1. The number of amides is 2. The normalized spacial score (nSPS) is 20.6. The molecule has 8 nitrogen and oxygen atoms in total. The van der Waals surface area contributed by atoms with E-state index in [9.17, 15) is 9.59 Å². The molecule has 158 valence electrons. The topological polar surface area (TPSA) is 89.1 Å². The van der Waals surface area contributed by atoms with Crippen LogP contribution in [0.25, 0.3) is 0 Å². The molecule has 0 aromatic heterocycles. The first-order valence-electron chi connectivity index (χ1n) is 9.95. The number of benzene rings is 2. The zero-order valence-corrected chi connectivity index (χ0v) is 17.0. The summed E-state index contributed by atoms with van der Waals surface area (Å²) in [6, 6.07) is 12.1. The second kappa shape index (κ2) is 8.73. The van der Waals surface area contributed by atoms with E-state index in [-0.39, 0.29) is 37.4 Å². The summed E-state index contributed by atoms with van der Waals surface area (Å²) in [4.78, 5) is 27.5. The molecular weight excluding hydrogens is 386 g/mol. The first kappa shape index (κ1) is 20.2. The van der Waals surface area contributed by atoms with Crippen molar-refractivity contribution in [3.63, 3.8) is 0 Å². The van der Waals surface area contributed by atoms with Gasteiger partial charge in [0.25, 0.3) is 5.91 Å². The number of fused-ring (bicyclic) bond motifs is 1. The van der Waals surface area contributed by atoms with Crippen molar-refractivity contribution in [2.45, 2.75) is 26.1 Å². The lowest BCUT2D eigenvalue weighted by Gasteiger charge is -2.34. The molecule has 2 N–H and O–H groups in total.